The van der Waals surface area contributed by atoms with E-state index in [-0.39, 0.29) is 36.8 Å². The van der Waals surface area contributed by atoms with E-state index >= 15 is 0 Å². The molecule has 2 rings (SSSR count). The summed E-state index contributed by atoms with van der Waals surface area (Å²) in [7, 11) is 0. The Labute approximate surface area is 207 Å². The van der Waals surface area contributed by atoms with Gasteiger partial charge < -0.3 is 14.8 Å². The molecule has 35 heavy (non-hydrogen) atoms. The Morgan fingerprint density at radius 1 is 0.829 bits per heavy atom. The van der Waals surface area contributed by atoms with Crippen molar-refractivity contribution in [1.82, 2.24) is 10.9 Å². The van der Waals surface area contributed by atoms with E-state index in [0.29, 0.717) is 16.3 Å². The lowest BCUT2D eigenvalue weighted by Crippen LogP contribution is -2.43. The highest BCUT2D eigenvalue weighted by molar-refractivity contribution is 6.30. The summed E-state index contributed by atoms with van der Waals surface area (Å²) in [5.41, 5.74) is 5.47. The standard InChI is InChI=1S/C24H26ClN3O7/c1-15(2)35-24(33)17-8-12-19(13-9-17)26-20(29)4-3-5-22(31)34-14-21(30)27-28-23(32)16-6-10-18(25)11-7-16/h6-13,15H,3-5,14H2,1-2H3,(H,26,29)(H,27,30)(H,28,32). The number of carbonyl (C=O) groups is 5. The van der Waals surface area contributed by atoms with Gasteiger partial charge in [0.25, 0.3) is 11.8 Å². The molecule has 10 nitrogen and oxygen atoms in total. The molecular weight excluding hydrogens is 478 g/mol. The Bertz CT molecular complexity index is 1050. The maximum absolute atomic E-state index is 12.0. The van der Waals surface area contributed by atoms with Crippen LogP contribution in [0.25, 0.3) is 0 Å². The van der Waals surface area contributed by atoms with Crippen LogP contribution in [0.4, 0.5) is 5.69 Å². The minimum absolute atomic E-state index is 0.0512. The van der Waals surface area contributed by atoms with Gasteiger partial charge in [0.15, 0.2) is 6.61 Å². The zero-order valence-corrected chi connectivity index (χ0v) is 20.0. The lowest BCUT2D eigenvalue weighted by molar-refractivity contribution is -0.148. The molecule has 0 bridgehead atoms. The van der Waals surface area contributed by atoms with Crippen molar-refractivity contribution in [2.75, 3.05) is 11.9 Å². The molecule has 11 heteroatoms. The van der Waals surface area contributed by atoms with E-state index in [9.17, 15) is 24.0 Å². The fourth-order valence-electron chi connectivity index (χ4n) is 2.64. The normalized spacial score (nSPS) is 10.3. The number of rotatable bonds is 10. The summed E-state index contributed by atoms with van der Waals surface area (Å²) in [4.78, 5) is 59.3. The Balaban J connectivity index is 1.61. The molecule has 3 N–H and O–H groups in total. The van der Waals surface area contributed by atoms with Crippen molar-refractivity contribution in [3.63, 3.8) is 0 Å². The predicted molar refractivity (Wildman–Crippen MR) is 127 cm³/mol. The minimum atomic E-state index is -0.723. The third-order valence-electron chi connectivity index (χ3n) is 4.32. The third kappa shape index (κ3) is 10.3. The summed E-state index contributed by atoms with van der Waals surface area (Å²) in [5.74, 6) is -2.71. The number of anilines is 1. The maximum atomic E-state index is 12.0. The van der Waals surface area contributed by atoms with Gasteiger partial charge in [-0.05, 0) is 68.8 Å². The van der Waals surface area contributed by atoms with Gasteiger partial charge in [0, 0.05) is 29.1 Å². The Morgan fingerprint density at radius 3 is 2.09 bits per heavy atom. The Kier molecular flexibility index (Phi) is 10.7. The van der Waals surface area contributed by atoms with Gasteiger partial charge in [0.1, 0.15) is 0 Å². The number of ether oxygens (including phenoxy) is 2. The SMILES string of the molecule is CC(C)OC(=O)c1ccc(NC(=O)CCCC(=O)OCC(=O)NNC(=O)c2ccc(Cl)cc2)cc1. The molecule has 2 aromatic carbocycles. The lowest BCUT2D eigenvalue weighted by Gasteiger charge is -2.09. The molecule has 0 atom stereocenters. The number of benzene rings is 2. The Hall–Kier alpha value is -3.92. The van der Waals surface area contributed by atoms with Gasteiger partial charge in [-0.2, -0.15) is 0 Å². The molecule has 2 aromatic rings. The monoisotopic (exact) mass is 503 g/mol. The largest absolute Gasteiger partial charge is 0.459 e. The second-order valence-electron chi connectivity index (χ2n) is 7.60. The first-order valence-corrected chi connectivity index (χ1v) is 11.1. The van der Waals surface area contributed by atoms with Crippen molar-refractivity contribution in [2.24, 2.45) is 0 Å². The maximum Gasteiger partial charge on any atom is 0.338 e. The fourth-order valence-corrected chi connectivity index (χ4v) is 2.77. The summed E-state index contributed by atoms with van der Waals surface area (Å²) < 4.78 is 9.92. The smallest absolute Gasteiger partial charge is 0.338 e. The highest BCUT2D eigenvalue weighted by Crippen LogP contribution is 2.12. The van der Waals surface area contributed by atoms with Gasteiger partial charge in [-0.1, -0.05) is 11.6 Å². The number of amides is 3. The molecule has 0 aliphatic carbocycles. The van der Waals surface area contributed by atoms with Gasteiger partial charge in [0.05, 0.1) is 11.7 Å². The molecule has 0 spiro atoms. The number of nitrogens with one attached hydrogen (secondary N) is 3. The number of esters is 2. The number of hydrogen-bond acceptors (Lipinski definition) is 7. The molecule has 0 aliphatic rings. The summed E-state index contributed by atoms with van der Waals surface area (Å²) >= 11 is 5.75. The molecule has 3 amide bonds. The van der Waals surface area contributed by atoms with Crippen LogP contribution < -0.4 is 16.2 Å². The fraction of sp³-hybridized carbons (Fsp3) is 0.292. The lowest BCUT2D eigenvalue weighted by atomic mass is 10.2. The summed E-state index contributed by atoms with van der Waals surface area (Å²) in [6, 6.07) is 12.3. The van der Waals surface area contributed by atoms with Crippen LogP contribution in [0.5, 0.6) is 0 Å². The number of halogens is 1. The van der Waals surface area contributed by atoms with E-state index in [2.05, 4.69) is 16.2 Å². The van der Waals surface area contributed by atoms with Crippen LogP contribution in [-0.4, -0.2) is 42.4 Å². The average Bonchev–Trinajstić information content (AvgIpc) is 2.81. The summed E-state index contributed by atoms with van der Waals surface area (Å²) in [6.07, 6.45) is -0.0462. The first-order valence-electron chi connectivity index (χ1n) is 10.8. The van der Waals surface area contributed by atoms with Crippen LogP contribution in [0.3, 0.4) is 0 Å². The van der Waals surface area contributed by atoms with Crippen LogP contribution in [0, 0.1) is 0 Å². The number of hydrazine groups is 1. The third-order valence-corrected chi connectivity index (χ3v) is 4.57. The molecule has 0 aliphatic heterocycles. The van der Waals surface area contributed by atoms with Crippen LogP contribution in [0.15, 0.2) is 48.5 Å². The molecule has 0 aromatic heterocycles. The van der Waals surface area contributed by atoms with Crippen molar-refractivity contribution in [2.45, 2.75) is 39.2 Å². The van der Waals surface area contributed by atoms with Crippen molar-refractivity contribution < 1.29 is 33.4 Å². The minimum Gasteiger partial charge on any atom is -0.459 e. The van der Waals surface area contributed by atoms with Crippen LogP contribution in [0.2, 0.25) is 5.02 Å². The molecule has 0 unspecified atom stereocenters. The number of hydrogen-bond donors (Lipinski definition) is 3. The molecule has 0 saturated heterocycles. The first kappa shape index (κ1) is 27.3. The van der Waals surface area contributed by atoms with Crippen LogP contribution >= 0.6 is 11.6 Å². The van der Waals surface area contributed by atoms with Gasteiger partial charge >= 0.3 is 11.9 Å². The van der Waals surface area contributed by atoms with E-state index in [4.69, 9.17) is 21.1 Å². The average molecular weight is 504 g/mol. The molecule has 0 heterocycles. The molecular formula is C24H26ClN3O7. The highest BCUT2D eigenvalue weighted by Gasteiger charge is 2.12. The van der Waals surface area contributed by atoms with E-state index in [1.807, 2.05) is 0 Å². The molecule has 0 saturated carbocycles. The van der Waals surface area contributed by atoms with Gasteiger partial charge in [-0.15, -0.1) is 0 Å². The second kappa shape index (κ2) is 13.7. The predicted octanol–water partition coefficient (Wildman–Crippen LogP) is 3.02. The quantitative estimate of drug-likeness (QED) is 0.334. The van der Waals surface area contributed by atoms with Crippen molar-refractivity contribution in [3.05, 3.63) is 64.7 Å². The molecule has 186 valence electrons. The van der Waals surface area contributed by atoms with Crippen molar-refractivity contribution >= 4 is 46.9 Å². The molecule has 0 fully saturated rings. The zero-order chi connectivity index (χ0) is 25.8. The van der Waals surface area contributed by atoms with Crippen LogP contribution in [0.1, 0.15) is 53.8 Å². The van der Waals surface area contributed by atoms with Gasteiger partial charge in [-0.3, -0.25) is 30.0 Å². The second-order valence-corrected chi connectivity index (χ2v) is 8.04. The highest BCUT2D eigenvalue weighted by atomic mass is 35.5. The van der Waals surface area contributed by atoms with Crippen LogP contribution in [-0.2, 0) is 23.9 Å². The van der Waals surface area contributed by atoms with E-state index in [1.54, 1.807) is 38.1 Å². The van der Waals surface area contributed by atoms with E-state index in [0.717, 1.165) is 0 Å². The van der Waals surface area contributed by atoms with Gasteiger partial charge in [0.2, 0.25) is 5.91 Å². The Morgan fingerprint density at radius 2 is 1.46 bits per heavy atom. The topological polar surface area (TPSA) is 140 Å². The summed E-state index contributed by atoms with van der Waals surface area (Å²) in [6.45, 7) is 2.92. The van der Waals surface area contributed by atoms with Crippen molar-refractivity contribution in [1.29, 1.82) is 0 Å². The van der Waals surface area contributed by atoms with Crippen molar-refractivity contribution in [3.8, 4) is 0 Å². The zero-order valence-electron chi connectivity index (χ0n) is 19.3. The first-order chi connectivity index (χ1) is 16.6. The number of carbonyl (C=O) groups excluding carboxylic acids is 5. The van der Waals surface area contributed by atoms with E-state index in [1.165, 1.54) is 24.3 Å². The van der Waals surface area contributed by atoms with E-state index < -0.39 is 30.4 Å². The van der Waals surface area contributed by atoms with Gasteiger partial charge in [-0.25, -0.2) is 4.79 Å². The molecule has 0 radical (unpaired) electrons. The summed E-state index contributed by atoms with van der Waals surface area (Å²) in [5, 5.41) is 3.13.